The van der Waals surface area contributed by atoms with Crippen molar-refractivity contribution in [2.75, 3.05) is 6.61 Å². The molecule has 0 bridgehead atoms. The summed E-state index contributed by atoms with van der Waals surface area (Å²) in [5, 5.41) is 9.49. The van der Waals surface area contributed by atoms with E-state index in [0.29, 0.717) is 17.9 Å². The van der Waals surface area contributed by atoms with E-state index in [2.05, 4.69) is 10.2 Å². The molecule has 0 fully saturated rings. The number of rotatable bonds is 4. The van der Waals surface area contributed by atoms with Crippen molar-refractivity contribution in [3.05, 3.63) is 34.5 Å². The molecule has 2 aromatic heterocycles. The Kier molecular flexibility index (Phi) is 3.31. The van der Waals surface area contributed by atoms with Crippen molar-refractivity contribution < 1.29 is 9.53 Å². The second kappa shape index (κ2) is 4.89. The van der Waals surface area contributed by atoms with Crippen LogP contribution in [0.4, 0.5) is 0 Å². The SMILES string of the molecule is Cn1cnnc1CCOC(=O)c1cccs1. The lowest BCUT2D eigenvalue weighted by Gasteiger charge is -2.02. The standard InChI is InChI=1S/C10H11N3O2S/c1-13-7-11-12-9(13)4-5-15-10(14)8-3-2-6-16-8/h2-3,6-7H,4-5H2,1H3. The molecule has 0 saturated carbocycles. The molecule has 0 aliphatic heterocycles. The van der Waals surface area contributed by atoms with E-state index in [9.17, 15) is 4.79 Å². The predicted octanol–water partition coefficient (Wildman–Crippen LogP) is 1.28. The number of aromatic nitrogens is 3. The van der Waals surface area contributed by atoms with Crippen LogP contribution >= 0.6 is 11.3 Å². The Morgan fingerprint density at radius 3 is 3.12 bits per heavy atom. The van der Waals surface area contributed by atoms with Gasteiger partial charge in [0.15, 0.2) is 0 Å². The van der Waals surface area contributed by atoms with Crippen LogP contribution < -0.4 is 0 Å². The molecule has 0 aliphatic carbocycles. The van der Waals surface area contributed by atoms with Gasteiger partial charge in [0, 0.05) is 13.5 Å². The lowest BCUT2D eigenvalue weighted by Crippen LogP contribution is -2.09. The second-order valence-corrected chi connectivity index (χ2v) is 4.17. The molecule has 0 spiro atoms. The maximum Gasteiger partial charge on any atom is 0.348 e. The van der Waals surface area contributed by atoms with Gasteiger partial charge in [0.2, 0.25) is 0 Å². The average Bonchev–Trinajstić information content (AvgIpc) is 2.90. The Bertz CT molecular complexity index is 464. The summed E-state index contributed by atoms with van der Waals surface area (Å²) in [5.74, 6) is 0.524. The first kappa shape index (κ1) is 10.8. The molecule has 0 aromatic carbocycles. The summed E-state index contributed by atoms with van der Waals surface area (Å²) in [6.07, 6.45) is 2.20. The third-order valence-electron chi connectivity index (χ3n) is 2.09. The van der Waals surface area contributed by atoms with E-state index in [1.165, 1.54) is 11.3 Å². The second-order valence-electron chi connectivity index (χ2n) is 3.22. The quantitative estimate of drug-likeness (QED) is 0.751. The maximum atomic E-state index is 11.5. The summed E-state index contributed by atoms with van der Waals surface area (Å²) in [5.41, 5.74) is 0. The van der Waals surface area contributed by atoms with Crippen LogP contribution in [-0.4, -0.2) is 27.3 Å². The molecular weight excluding hydrogens is 226 g/mol. The minimum absolute atomic E-state index is 0.280. The van der Waals surface area contributed by atoms with Crippen molar-refractivity contribution in [1.29, 1.82) is 0 Å². The summed E-state index contributed by atoms with van der Waals surface area (Å²) < 4.78 is 6.91. The number of hydrogen-bond donors (Lipinski definition) is 0. The molecule has 84 valence electrons. The minimum atomic E-state index is -0.280. The van der Waals surface area contributed by atoms with Crippen molar-refractivity contribution in [2.24, 2.45) is 7.05 Å². The van der Waals surface area contributed by atoms with E-state index >= 15 is 0 Å². The predicted molar refractivity (Wildman–Crippen MR) is 59.3 cm³/mol. The maximum absolute atomic E-state index is 11.5. The molecule has 0 amide bonds. The number of carbonyl (C=O) groups is 1. The first-order valence-electron chi connectivity index (χ1n) is 4.81. The molecular formula is C10H11N3O2S. The van der Waals surface area contributed by atoms with Crippen LogP contribution in [0.25, 0.3) is 0 Å². The van der Waals surface area contributed by atoms with Crippen LogP contribution in [-0.2, 0) is 18.2 Å². The highest BCUT2D eigenvalue weighted by atomic mass is 32.1. The van der Waals surface area contributed by atoms with Gasteiger partial charge in [-0.15, -0.1) is 21.5 Å². The zero-order chi connectivity index (χ0) is 11.4. The lowest BCUT2D eigenvalue weighted by molar-refractivity contribution is 0.0512. The van der Waals surface area contributed by atoms with Crippen molar-refractivity contribution in [1.82, 2.24) is 14.8 Å². The van der Waals surface area contributed by atoms with E-state index < -0.39 is 0 Å². The van der Waals surface area contributed by atoms with E-state index in [4.69, 9.17) is 4.74 Å². The zero-order valence-electron chi connectivity index (χ0n) is 8.79. The summed E-state index contributed by atoms with van der Waals surface area (Å²) in [4.78, 5) is 12.1. The third-order valence-corrected chi connectivity index (χ3v) is 2.94. The molecule has 0 N–H and O–H groups in total. The first-order chi connectivity index (χ1) is 7.77. The fourth-order valence-corrected chi connectivity index (χ4v) is 1.85. The molecule has 0 atom stereocenters. The summed E-state index contributed by atoms with van der Waals surface area (Å²) in [7, 11) is 1.86. The Balaban J connectivity index is 1.81. The molecule has 2 heterocycles. The summed E-state index contributed by atoms with van der Waals surface area (Å²) >= 11 is 1.37. The van der Waals surface area contributed by atoms with Crippen molar-refractivity contribution in [3.8, 4) is 0 Å². The van der Waals surface area contributed by atoms with Gasteiger partial charge in [-0.1, -0.05) is 6.07 Å². The van der Waals surface area contributed by atoms with Gasteiger partial charge in [-0.25, -0.2) is 4.79 Å². The van der Waals surface area contributed by atoms with Gasteiger partial charge in [0.25, 0.3) is 0 Å². The lowest BCUT2D eigenvalue weighted by atomic mass is 10.4. The van der Waals surface area contributed by atoms with Gasteiger partial charge in [-0.3, -0.25) is 0 Å². The fourth-order valence-electron chi connectivity index (χ4n) is 1.23. The summed E-state index contributed by atoms with van der Waals surface area (Å²) in [6, 6.07) is 3.57. The number of carbonyl (C=O) groups excluding carboxylic acids is 1. The molecule has 0 aliphatic rings. The number of hydrogen-bond acceptors (Lipinski definition) is 5. The molecule has 5 nitrogen and oxygen atoms in total. The number of esters is 1. The van der Waals surface area contributed by atoms with Gasteiger partial charge >= 0.3 is 5.97 Å². The smallest absolute Gasteiger partial charge is 0.348 e. The molecule has 2 rings (SSSR count). The normalized spacial score (nSPS) is 10.3. The summed E-state index contributed by atoms with van der Waals surface area (Å²) in [6.45, 7) is 0.323. The number of nitrogens with zero attached hydrogens (tertiary/aromatic N) is 3. The van der Waals surface area contributed by atoms with Gasteiger partial charge in [0.1, 0.15) is 17.0 Å². The molecule has 16 heavy (non-hydrogen) atoms. The third kappa shape index (κ3) is 2.46. The molecule has 2 aromatic rings. The van der Waals surface area contributed by atoms with Crippen LogP contribution in [0, 0.1) is 0 Å². The van der Waals surface area contributed by atoms with Crippen molar-refractivity contribution in [3.63, 3.8) is 0 Å². The van der Waals surface area contributed by atoms with E-state index in [-0.39, 0.29) is 5.97 Å². The van der Waals surface area contributed by atoms with Gasteiger partial charge in [-0.05, 0) is 11.4 Å². The Hall–Kier alpha value is -1.69. The largest absolute Gasteiger partial charge is 0.461 e. The monoisotopic (exact) mass is 237 g/mol. The van der Waals surface area contributed by atoms with E-state index in [1.807, 2.05) is 18.5 Å². The van der Waals surface area contributed by atoms with Crippen LogP contribution in [0.5, 0.6) is 0 Å². The Morgan fingerprint density at radius 1 is 1.62 bits per heavy atom. The fraction of sp³-hybridized carbons (Fsp3) is 0.300. The van der Waals surface area contributed by atoms with Gasteiger partial charge in [-0.2, -0.15) is 0 Å². The molecule has 0 radical (unpaired) electrons. The highest BCUT2D eigenvalue weighted by Crippen LogP contribution is 2.09. The number of ether oxygens (including phenoxy) is 1. The minimum Gasteiger partial charge on any atom is -0.461 e. The zero-order valence-corrected chi connectivity index (χ0v) is 9.61. The van der Waals surface area contributed by atoms with Crippen molar-refractivity contribution in [2.45, 2.75) is 6.42 Å². The van der Waals surface area contributed by atoms with Crippen LogP contribution in [0.3, 0.4) is 0 Å². The number of aryl methyl sites for hydroxylation is 1. The van der Waals surface area contributed by atoms with Crippen LogP contribution in [0.2, 0.25) is 0 Å². The molecule has 0 unspecified atom stereocenters. The highest BCUT2D eigenvalue weighted by Gasteiger charge is 2.08. The van der Waals surface area contributed by atoms with E-state index in [1.54, 1.807) is 17.0 Å². The molecule has 6 heteroatoms. The first-order valence-corrected chi connectivity index (χ1v) is 5.69. The van der Waals surface area contributed by atoms with E-state index in [0.717, 1.165) is 5.82 Å². The Labute approximate surface area is 96.7 Å². The average molecular weight is 237 g/mol. The molecule has 0 saturated heterocycles. The highest BCUT2D eigenvalue weighted by molar-refractivity contribution is 7.11. The van der Waals surface area contributed by atoms with Gasteiger partial charge < -0.3 is 9.30 Å². The van der Waals surface area contributed by atoms with Gasteiger partial charge in [0.05, 0.1) is 6.61 Å². The van der Waals surface area contributed by atoms with Crippen molar-refractivity contribution >= 4 is 17.3 Å². The van der Waals surface area contributed by atoms with Crippen LogP contribution in [0.15, 0.2) is 23.8 Å². The van der Waals surface area contributed by atoms with Crippen LogP contribution in [0.1, 0.15) is 15.5 Å². The Morgan fingerprint density at radius 2 is 2.50 bits per heavy atom. The topological polar surface area (TPSA) is 57.0 Å². The number of thiophene rings is 1.